The molecule has 0 aromatic carbocycles. The van der Waals surface area contributed by atoms with E-state index in [2.05, 4.69) is 15.0 Å². The Morgan fingerprint density at radius 2 is 2.37 bits per heavy atom. The molecule has 7 nitrogen and oxygen atoms in total. The number of hydrogen-bond acceptors (Lipinski definition) is 4. The summed E-state index contributed by atoms with van der Waals surface area (Å²) < 4.78 is 6.86. The van der Waals surface area contributed by atoms with Gasteiger partial charge in [0.25, 0.3) is 5.56 Å². The molecule has 0 bridgehead atoms. The van der Waals surface area contributed by atoms with Gasteiger partial charge in [-0.1, -0.05) is 5.11 Å². The lowest BCUT2D eigenvalue weighted by atomic mass is 10.2. The number of rotatable bonds is 4. The van der Waals surface area contributed by atoms with Crippen LogP contribution in [0.4, 0.5) is 0 Å². The van der Waals surface area contributed by atoms with Crippen LogP contribution in [-0.2, 0) is 6.54 Å². The third kappa shape index (κ3) is 2.66. The van der Waals surface area contributed by atoms with Crippen molar-refractivity contribution >= 4 is 0 Å². The first-order valence-corrected chi connectivity index (χ1v) is 5.80. The first-order chi connectivity index (χ1) is 9.13. The fourth-order valence-electron chi connectivity index (χ4n) is 1.69. The molecule has 7 heteroatoms. The van der Waals surface area contributed by atoms with Crippen LogP contribution in [0.5, 0.6) is 0 Å². The summed E-state index contributed by atoms with van der Waals surface area (Å²) in [5, 5.41) is 3.39. The molecule has 2 aromatic heterocycles. The monoisotopic (exact) mass is 259 g/mol. The molecule has 0 fully saturated rings. The van der Waals surface area contributed by atoms with Crippen LogP contribution < -0.4 is 5.56 Å². The Hall–Kier alpha value is -2.53. The van der Waals surface area contributed by atoms with Crippen molar-refractivity contribution in [2.75, 3.05) is 0 Å². The van der Waals surface area contributed by atoms with Crippen molar-refractivity contribution in [2.45, 2.75) is 26.4 Å². The van der Waals surface area contributed by atoms with Gasteiger partial charge in [0.05, 0.1) is 12.2 Å². The molecule has 0 saturated heterocycles. The molecule has 2 rings (SSSR count). The van der Waals surface area contributed by atoms with Gasteiger partial charge in [0.15, 0.2) is 0 Å². The highest BCUT2D eigenvalue weighted by Gasteiger charge is 2.12. The van der Waals surface area contributed by atoms with E-state index in [1.807, 2.05) is 13.8 Å². The lowest BCUT2D eigenvalue weighted by Crippen LogP contribution is -2.22. The molecule has 0 spiro atoms. The highest BCUT2D eigenvalue weighted by Crippen LogP contribution is 2.16. The number of pyridine rings is 1. The topological polar surface area (TPSA) is 96.8 Å². The molecule has 2 aromatic rings. The maximum absolute atomic E-state index is 12.2. The number of oxazole rings is 1. The molecule has 19 heavy (non-hydrogen) atoms. The molecule has 0 N–H and O–H groups in total. The minimum atomic E-state index is -0.158. The second-order valence-corrected chi connectivity index (χ2v) is 4.26. The van der Waals surface area contributed by atoms with Gasteiger partial charge in [-0.2, -0.15) is 0 Å². The third-order valence-corrected chi connectivity index (χ3v) is 2.61. The lowest BCUT2D eigenvalue weighted by molar-refractivity contribution is 0.558. The standard InChI is InChI=1S/C12H13N5O2/c1-8(2)17-5-3-4-10(12(17)18)11-15-9(7-19-11)6-14-16-13/h3-5,7-8H,6H2,1-2H3. The Balaban J connectivity index is 2.42. The van der Waals surface area contributed by atoms with E-state index in [4.69, 9.17) is 9.95 Å². The average molecular weight is 259 g/mol. The summed E-state index contributed by atoms with van der Waals surface area (Å²) in [4.78, 5) is 19.0. The predicted octanol–water partition coefficient (Wildman–Crippen LogP) is 2.89. The van der Waals surface area contributed by atoms with Crippen LogP contribution in [0.2, 0.25) is 0 Å². The molecular formula is C12H13N5O2. The molecule has 0 aliphatic heterocycles. The van der Waals surface area contributed by atoms with Gasteiger partial charge >= 0.3 is 0 Å². The van der Waals surface area contributed by atoms with Crippen LogP contribution in [0.15, 0.2) is 38.9 Å². The van der Waals surface area contributed by atoms with Crippen LogP contribution in [0.3, 0.4) is 0 Å². The van der Waals surface area contributed by atoms with E-state index in [9.17, 15) is 4.79 Å². The summed E-state index contributed by atoms with van der Waals surface area (Å²) >= 11 is 0. The van der Waals surface area contributed by atoms with Gasteiger partial charge in [-0.15, -0.1) is 0 Å². The van der Waals surface area contributed by atoms with Gasteiger partial charge in [-0.05, 0) is 31.5 Å². The fraction of sp³-hybridized carbons (Fsp3) is 0.333. The summed E-state index contributed by atoms with van der Waals surface area (Å²) in [6.45, 7) is 3.95. The van der Waals surface area contributed by atoms with Crippen LogP contribution in [0.1, 0.15) is 25.6 Å². The Morgan fingerprint density at radius 1 is 1.58 bits per heavy atom. The van der Waals surface area contributed by atoms with E-state index in [1.54, 1.807) is 22.9 Å². The summed E-state index contributed by atoms with van der Waals surface area (Å²) in [5.41, 5.74) is 8.97. The Kier molecular flexibility index (Phi) is 3.68. The van der Waals surface area contributed by atoms with E-state index in [1.165, 1.54) is 6.26 Å². The van der Waals surface area contributed by atoms with E-state index < -0.39 is 0 Å². The number of nitrogens with zero attached hydrogens (tertiary/aromatic N) is 5. The smallest absolute Gasteiger partial charge is 0.263 e. The van der Waals surface area contributed by atoms with Gasteiger partial charge < -0.3 is 8.98 Å². The summed E-state index contributed by atoms with van der Waals surface area (Å²) in [6.07, 6.45) is 3.11. The van der Waals surface area contributed by atoms with Crippen molar-refractivity contribution in [3.63, 3.8) is 0 Å². The summed E-state index contributed by atoms with van der Waals surface area (Å²) in [5.74, 6) is 0.239. The molecule has 98 valence electrons. The molecule has 0 amide bonds. The molecular weight excluding hydrogens is 246 g/mol. The highest BCUT2D eigenvalue weighted by molar-refractivity contribution is 5.51. The molecule has 0 aliphatic carbocycles. The van der Waals surface area contributed by atoms with Crippen LogP contribution in [0, 0.1) is 0 Å². The van der Waals surface area contributed by atoms with E-state index in [0.29, 0.717) is 11.3 Å². The second kappa shape index (κ2) is 5.41. The third-order valence-electron chi connectivity index (χ3n) is 2.61. The van der Waals surface area contributed by atoms with Crippen molar-refractivity contribution in [1.29, 1.82) is 0 Å². The predicted molar refractivity (Wildman–Crippen MR) is 69.4 cm³/mol. The Morgan fingerprint density at radius 3 is 3.05 bits per heavy atom. The summed E-state index contributed by atoms with van der Waals surface area (Å²) in [7, 11) is 0. The van der Waals surface area contributed by atoms with Crippen molar-refractivity contribution in [3.05, 3.63) is 51.1 Å². The van der Waals surface area contributed by atoms with Crippen molar-refractivity contribution < 1.29 is 4.42 Å². The SMILES string of the molecule is CC(C)n1cccc(-c2nc(CN=[N+]=[N-])co2)c1=O. The van der Waals surface area contributed by atoms with Crippen LogP contribution >= 0.6 is 0 Å². The second-order valence-electron chi connectivity index (χ2n) is 4.26. The molecule has 0 unspecified atom stereocenters. The maximum Gasteiger partial charge on any atom is 0.263 e. The molecule has 0 saturated carbocycles. The number of aromatic nitrogens is 2. The normalized spacial score (nSPS) is 10.5. The zero-order valence-corrected chi connectivity index (χ0v) is 10.6. The molecule has 0 atom stereocenters. The minimum absolute atomic E-state index is 0.0603. The quantitative estimate of drug-likeness (QED) is 0.479. The number of azide groups is 1. The van der Waals surface area contributed by atoms with Gasteiger partial charge in [-0.3, -0.25) is 4.79 Å². The van der Waals surface area contributed by atoms with Crippen LogP contribution in [-0.4, -0.2) is 9.55 Å². The number of hydrogen-bond donors (Lipinski definition) is 0. The van der Waals surface area contributed by atoms with Gasteiger partial charge in [-0.25, -0.2) is 4.98 Å². The van der Waals surface area contributed by atoms with Crippen molar-refractivity contribution in [2.24, 2.45) is 5.11 Å². The molecule has 0 radical (unpaired) electrons. The largest absolute Gasteiger partial charge is 0.444 e. The fourth-order valence-corrected chi connectivity index (χ4v) is 1.69. The zero-order chi connectivity index (χ0) is 13.8. The van der Waals surface area contributed by atoms with Gasteiger partial charge in [0.2, 0.25) is 5.89 Å². The Bertz CT molecular complexity index is 679. The highest BCUT2D eigenvalue weighted by atomic mass is 16.3. The average Bonchev–Trinajstić information content (AvgIpc) is 2.84. The minimum Gasteiger partial charge on any atom is -0.444 e. The van der Waals surface area contributed by atoms with Crippen molar-refractivity contribution in [3.8, 4) is 11.5 Å². The molecule has 2 heterocycles. The van der Waals surface area contributed by atoms with Crippen LogP contribution in [0.25, 0.3) is 21.9 Å². The van der Waals surface area contributed by atoms with Gasteiger partial charge in [0.1, 0.15) is 11.8 Å². The lowest BCUT2D eigenvalue weighted by Gasteiger charge is -2.09. The maximum atomic E-state index is 12.2. The Labute approximate surface area is 109 Å². The van der Waals surface area contributed by atoms with Gasteiger partial charge in [0, 0.05) is 17.2 Å². The zero-order valence-electron chi connectivity index (χ0n) is 10.6. The van der Waals surface area contributed by atoms with Crippen molar-refractivity contribution in [1.82, 2.24) is 9.55 Å². The van der Waals surface area contributed by atoms with E-state index in [0.717, 1.165) is 0 Å². The summed E-state index contributed by atoms with van der Waals surface area (Å²) in [6, 6.07) is 3.49. The van der Waals surface area contributed by atoms with E-state index in [-0.39, 0.29) is 24.0 Å². The molecule has 0 aliphatic rings. The first-order valence-electron chi connectivity index (χ1n) is 5.80. The first kappa shape index (κ1) is 12.9. The van der Waals surface area contributed by atoms with E-state index >= 15 is 0 Å².